The second kappa shape index (κ2) is 3.43. The van der Waals surface area contributed by atoms with Crippen LogP contribution in [0, 0.1) is 6.92 Å². The molecule has 0 radical (unpaired) electrons. The summed E-state index contributed by atoms with van der Waals surface area (Å²) < 4.78 is 5.46. The first-order valence-electron chi connectivity index (χ1n) is 4.95. The zero-order valence-corrected chi connectivity index (χ0v) is 9.23. The molecule has 2 aromatic heterocycles. The van der Waals surface area contributed by atoms with Gasteiger partial charge >= 0.3 is 0 Å². The molecular weight excluding hydrogens is 210 g/mol. The lowest BCUT2D eigenvalue weighted by Gasteiger charge is -2.09. The van der Waals surface area contributed by atoms with Gasteiger partial charge in [-0.25, -0.2) is 9.97 Å². The van der Waals surface area contributed by atoms with Crippen LogP contribution in [0.15, 0.2) is 10.6 Å². The highest BCUT2D eigenvalue weighted by Crippen LogP contribution is 2.29. The van der Waals surface area contributed by atoms with E-state index in [0.717, 1.165) is 30.3 Å². The Morgan fingerprint density at radius 2 is 2.47 bits per heavy atom. The van der Waals surface area contributed by atoms with E-state index in [0.29, 0.717) is 5.89 Å². The van der Waals surface area contributed by atoms with Crippen LogP contribution in [0.4, 0.5) is 0 Å². The highest BCUT2D eigenvalue weighted by molar-refractivity contribution is 7.15. The lowest BCUT2D eigenvalue weighted by molar-refractivity contribution is 0.541. The third kappa shape index (κ3) is 1.57. The van der Waals surface area contributed by atoms with Crippen molar-refractivity contribution < 1.29 is 4.42 Å². The topological polar surface area (TPSA) is 51.0 Å². The Kier molecular flexibility index (Phi) is 2.07. The van der Waals surface area contributed by atoms with Gasteiger partial charge < -0.3 is 9.73 Å². The van der Waals surface area contributed by atoms with Crippen molar-refractivity contribution in [3.05, 3.63) is 22.5 Å². The Morgan fingerprint density at radius 3 is 3.20 bits per heavy atom. The van der Waals surface area contributed by atoms with E-state index in [1.54, 1.807) is 17.5 Å². The molecule has 3 rings (SSSR count). The molecule has 0 amide bonds. The van der Waals surface area contributed by atoms with Crippen LogP contribution < -0.4 is 5.32 Å². The summed E-state index contributed by atoms with van der Waals surface area (Å²) in [6.45, 7) is 3.83. The first-order valence-corrected chi connectivity index (χ1v) is 5.76. The molecular formula is C10H11N3OS. The van der Waals surface area contributed by atoms with Crippen molar-refractivity contribution >= 4 is 11.3 Å². The van der Waals surface area contributed by atoms with Crippen molar-refractivity contribution in [1.29, 1.82) is 0 Å². The fourth-order valence-electron chi connectivity index (χ4n) is 1.67. The van der Waals surface area contributed by atoms with Crippen molar-refractivity contribution in [3.63, 3.8) is 0 Å². The van der Waals surface area contributed by atoms with E-state index in [-0.39, 0.29) is 0 Å². The maximum absolute atomic E-state index is 5.46. The van der Waals surface area contributed by atoms with E-state index >= 15 is 0 Å². The predicted octanol–water partition coefficient (Wildman–Crippen LogP) is 1.75. The van der Waals surface area contributed by atoms with Crippen molar-refractivity contribution in [2.24, 2.45) is 0 Å². The number of fused-ring (bicyclic) bond motifs is 1. The summed E-state index contributed by atoms with van der Waals surface area (Å²) in [5.74, 6) is 1.48. The first-order chi connectivity index (χ1) is 7.33. The zero-order valence-electron chi connectivity index (χ0n) is 8.41. The summed E-state index contributed by atoms with van der Waals surface area (Å²) in [7, 11) is 0. The number of aryl methyl sites for hydroxylation is 1. The van der Waals surface area contributed by atoms with Gasteiger partial charge in [-0.1, -0.05) is 0 Å². The first kappa shape index (κ1) is 9.06. The molecule has 0 fully saturated rings. The monoisotopic (exact) mass is 221 g/mol. The third-order valence-corrected chi connectivity index (χ3v) is 3.49. The molecule has 4 nitrogen and oxygen atoms in total. The molecule has 0 saturated heterocycles. The van der Waals surface area contributed by atoms with E-state index < -0.39 is 0 Å². The van der Waals surface area contributed by atoms with Crippen LogP contribution >= 0.6 is 11.3 Å². The molecule has 15 heavy (non-hydrogen) atoms. The number of rotatable bonds is 1. The van der Waals surface area contributed by atoms with Gasteiger partial charge in [0.25, 0.3) is 5.89 Å². The zero-order chi connectivity index (χ0) is 10.3. The molecule has 3 heterocycles. The Bertz CT molecular complexity index is 465. The number of nitrogens with zero attached hydrogens (tertiary/aromatic N) is 2. The third-order valence-electron chi connectivity index (χ3n) is 2.41. The molecule has 0 aliphatic carbocycles. The molecule has 78 valence electrons. The van der Waals surface area contributed by atoms with Gasteiger partial charge in [0.05, 0.1) is 11.9 Å². The second-order valence-electron chi connectivity index (χ2n) is 3.59. The Morgan fingerprint density at radius 1 is 1.53 bits per heavy atom. The average Bonchev–Trinajstić information content (AvgIpc) is 2.82. The predicted molar refractivity (Wildman–Crippen MR) is 57.8 cm³/mol. The Hall–Kier alpha value is -1.20. The fraction of sp³-hybridized carbons (Fsp3) is 0.400. The molecule has 5 heteroatoms. The lowest BCUT2D eigenvalue weighted by atomic mass is 10.2. The highest BCUT2D eigenvalue weighted by Gasteiger charge is 2.17. The van der Waals surface area contributed by atoms with Gasteiger partial charge in [-0.2, -0.15) is 0 Å². The van der Waals surface area contributed by atoms with Crippen LogP contribution in [0.1, 0.15) is 16.3 Å². The maximum Gasteiger partial charge on any atom is 0.255 e. The molecule has 0 bridgehead atoms. The summed E-state index contributed by atoms with van der Waals surface area (Å²) in [5, 5.41) is 4.23. The van der Waals surface area contributed by atoms with Crippen LogP contribution in [-0.2, 0) is 13.0 Å². The molecule has 0 spiro atoms. The molecule has 0 saturated carbocycles. The van der Waals surface area contributed by atoms with E-state index in [4.69, 9.17) is 4.42 Å². The minimum absolute atomic E-state index is 0.645. The molecule has 2 aromatic rings. The van der Waals surface area contributed by atoms with Gasteiger partial charge in [-0.15, -0.1) is 11.3 Å². The summed E-state index contributed by atoms with van der Waals surface area (Å²) in [6, 6.07) is 0. The number of hydrogen-bond acceptors (Lipinski definition) is 5. The number of aromatic nitrogens is 2. The summed E-state index contributed by atoms with van der Waals surface area (Å²) >= 11 is 1.67. The standard InChI is InChI=1S/C10H11N3OS/c1-6-4-12-9(14-6)10-13-7-2-3-11-5-8(7)15-10/h4,11H,2-3,5H2,1H3. The van der Waals surface area contributed by atoms with Crippen molar-refractivity contribution in [3.8, 4) is 10.9 Å². The van der Waals surface area contributed by atoms with Crippen LogP contribution in [0.2, 0.25) is 0 Å². The van der Waals surface area contributed by atoms with E-state index in [1.165, 1.54) is 10.6 Å². The van der Waals surface area contributed by atoms with Gasteiger partial charge in [0, 0.05) is 24.4 Å². The fourth-order valence-corrected chi connectivity index (χ4v) is 2.68. The van der Waals surface area contributed by atoms with E-state index in [9.17, 15) is 0 Å². The molecule has 0 atom stereocenters. The van der Waals surface area contributed by atoms with E-state index in [1.807, 2.05) is 6.92 Å². The van der Waals surface area contributed by atoms with Crippen molar-refractivity contribution in [1.82, 2.24) is 15.3 Å². The lowest BCUT2D eigenvalue weighted by Crippen LogP contribution is -2.22. The minimum atomic E-state index is 0.645. The highest BCUT2D eigenvalue weighted by atomic mass is 32.1. The quantitative estimate of drug-likeness (QED) is 0.797. The Balaban J connectivity index is 2.02. The molecule has 0 unspecified atom stereocenters. The molecule has 1 aliphatic heterocycles. The number of thiazole rings is 1. The van der Waals surface area contributed by atoms with E-state index in [2.05, 4.69) is 15.3 Å². The largest absolute Gasteiger partial charge is 0.440 e. The summed E-state index contributed by atoms with van der Waals surface area (Å²) in [5.41, 5.74) is 1.20. The maximum atomic E-state index is 5.46. The SMILES string of the molecule is Cc1cnc(-c2nc3c(s2)CNCC3)o1. The van der Waals surface area contributed by atoms with Crippen LogP contribution in [-0.4, -0.2) is 16.5 Å². The Labute approximate surface area is 91.4 Å². The second-order valence-corrected chi connectivity index (χ2v) is 4.68. The van der Waals surface area contributed by atoms with Crippen LogP contribution in [0.25, 0.3) is 10.9 Å². The normalized spacial score (nSPS) is 15.3. The molecule has 0 aromatic carbocycles. The van der Waals surface area contributed by atoms with Gasteiger partial charge in [0.15, 0.2) is 5.01 Å². The van der Waals surface area contributed by atoms with Gasteiger partial charge in [0.2, 0.25) is 0 Å². The smallest absolute Gasteiger partial charge is 0.255 e. The summed E-state index contributed by atoms with van der Waals surface area (Å²) in [4.78, 5) is 10.1. The van der Waals surface area contributed by atoms with Crippen LogP contribution in [0.3, 0.4) is 0 Å². The number of hydrogen-bond donors (Lipinski definition) is 1. The average molecular weight is 221 g/mol. The van der Waals surface area contributed by atoms with Gasteiger partial charge in [-0.3, -0.25) is 0 Å². The summed E-state index contributed by atoms with van der Waals surface area (Å²) in [6.07, 6.45) is 2.74. The number of nitrogens with one attached hydrogen (secondary N) is 1. The molecule has 1 N–H and O–H groups in total. The van der Waals surface area contributed by atoms with Crippen LogP contribution in [0.5, 0.6) is 0 Å². The van der Waals surface area contributed by atoms with Gasteiger partial charge in [0.1, 0.15) is 5.76 Å². The van der Waals surface area contributed by atoms with Crippen molar-refractivity contribution in [2.45, 2.75) is 19.9 Å². The number of oxazole rings is 1. The van der Waals surface area contributed by atoms with Gasteiger partial charge in [-0.05, 0) is 6.92 Å². The minimum Gasteiger partial charge on any atom is -0.440 e. The molecule has 1 aliphatic rings. The van der Waals surface area contributed by atoms with Crippen molar-refractivity contribution in [2.75, 3.05) is 6.54 Å².